The maximum absolute atomic E-state index is 12.5. The number of piperidine rings is 1. The van der Waals surface area contributed by atoms with Crippen molar-refractivity contribution >= 4 is 6.03 Å². The lowest BCUT2D eigenvalue weighted by Crippen LogP contribution is -2.46. The number of aryl methyl sites for hydroxylation is 1. The Bertz CT molecular complexity index is 767. The lowest BCUT2D eigenvalue weighted by Gasteiger charge is -2.31. The summed E-state index contributed by atoms with van der Waals surface area (Å²) in [6.07, 6.45) is 5.01. The molecule has 2 aliphatic heterocycles. The number of hydrogen-bond acceptors (Lipinski definition) is 3. The number of aromatic amines is 1. The Balaban J connectivity index is 1.17. The molecule has 1 atom stereocenters. The smallest absolute Gasteiger partial charge is 0.317 e. The highest BCUT2D eigenvalue weighted by Crippen LogP contribution is 2.29. The largest absolute Gasteiger partial charge is 0.337 e. The molecule has 2 aliphatic rings. The Morgan fingerprint density at radius 3 is 2.68 bits per heavy atom. The van der Waals surface area contributed by atoms with Crippen molar-refractivity contribution in [3.05, 3.63) is 53.3 Å². The summed E-state index contributed by atoms with van der Waals surface area (Å²) in [6, 6.07) is 10.8. The summed E-state index contributed by atoms with van der Waals surface area (Å²) in [5.74, 6) is 1.12. The van der Waals surface area contributed by atoms with Crippen molar-refractivity contribution in [1.82, 2.24) is 25.3 Å². The van der Waals surface area contributed by atoms with Gasteiger partial charge in [-0.25, -0.2) is 4.79 Å². The van der Waals surface area contributed by atoms with E-state index in [1.807, 2.05) is 11.0 Å². The van der Waals surface area contributed by atoms with Gasteiger partial charge in [0.15, 0.2) is 0 Å². The molecular formula is C22H31N5O. The first kappa shape index (κ1) is 19.0. The van der Waals surface area contributed by atoms with Crippen molar-refractivity contribution in [3.8, 4) is 0 Å². The molecule has 0 saturated carbocycles. The van der Waals surface area contributed by atoms with Crippen LogP contribution >= 0.6 is 0 Å². The number of rotatable bonds is 5. The summed E-state index contributed by atoms with van der Waals surface area (Å²) >= 11 is 0. The molecule has 0 spiro atoms. The average molecular weight is 382 g/mol. The Labute approximate surface area is 167 Å². The van der Waals surface area contributed by atoms with Gasteiger partial charge in [-0.1, -0.05) is 24.3 Å². The molecule has 28 heavy (non-hydrogen) atoms. The van der Waals surface area contributed by atoms with E-state index < -0.39 is 0 Å². The fourth-order valence-electron chi connectivity index (χ4n) is 4.65. The van der Waals surface area contributed by atoms with Crippen molar-refractivity contribution in [2.45, 2.75) is 38.0 Å². The van der Waals surface area contributed by atoms with Crippen LogP contribution < -0.4 is 5.32 Å². The number of H-pyrrole nitrogens is 1. The maximum Gasteiger partial charge on any atom is 0.317 e. The van der Waals surface area contributed by atoms with Crippen LogP contribution in [0.2, 0.25) is 0 Å². The topological polar surface area (TPSA) is 64.3 Å². The van der Waals surface area contributed by atoms with Crippen LogP contribution in [0.15, 0.2) is 36.5 Å². The van der Waals surface area contributed by atoms with Crippen molar-refractivity contribution in [2.75, 3.05) is 39.3 Å². The predicted molar refractivity (Wildman–Crippen MR) is 111 cm³/mol. The number of urea groups is 1. The monoisotopic (exact) mass is 381 g/mol. The molecule has 6 heteroatoms. The molecule has 4 rings (SSSR count). The molecule has 2 fully saturated rings. The second-order valence-corrected chi connectivity index (χ2v) is 8.15. The fraction of sp³-hybridized carbons (Fsp3) is 0.545. The Hall–Kier alpha value is -2.34. The number of carbonyl (C=O) groups excluding carboxylic acids is 1. The zero-order valence-electron chi connectivity index (χ0n) is 16.7. The molecule has 3 heterocycles. The SMILES string of the molecule is Cc1ccccc1[C@@H]1CCN(CCNC(=O)N2CCC(c3ccn[nH]3)CC2)C1. The minimum absolute atomic E-state index is 0.0812. The molecule has 0 bridgehead atoms. The number of amides is 2. The zero-order valence-corrected chi connectivity index (χ0v) is 16.7. The van der Waals surface area contributed by atoms with Gasteiger partial charge in [0.2, 0.25) is 0 Å². The first-order valence-electron chi connectivity index (χ1n) is 10.5. The van der Waals surface area contributed by atoms with Crippen molar-refractivity contribution in [3.63, 3.8) is 0 Å². The van der Waals surface area contributed by atoms with Crippen LogP contribution in [0.1, 0.15) is 47.9 Å². The first-order valence-corrected chi connectivity index (χ1v) is 10.5. The van der Waals surface area contributed by atoms with Crippen LogP contribution in [-0.4, -0.2) is 65.3 Å². The molecule has 2 aromatic rings. The van der Waals surface area contributed by atoms with Crippen molar-refractivity contribution in [1.29, 1.82) is 0 Å². The van der Waals surface area contributed by atoms with E-state index in [1.165, 1.54) is 23.2 Å². The quantitative estimate of drug-likeness (QED) is 0.836. The lowest BCUT2D eigenvalue weighted by molar-refractivity contribution is 0.179. The summed E-state index contributed by atoms with van der Waals surface area (Å²) in [6.45, 7) is 7.69. The number of benzene rings is 1. The van der Waals surface area contributed by atoms with E-state index in [0.717, 1.165) is 52.1 Å². The van der Waals surface area contributed by atoms with Crippen LogP contribution in [0.4, 0.5) is 4.79 Å². The van der Waals surface area contributed by atoms with Crippen LogP contribution in [0.5, 0.6) is 0 Å². The van der Waals surface area contributed by atoms with Gasteiger partial charge in [0.25, 0.3) is 0 Å². The number of hydrogen-bond donors (Lipinski definition) is 2. The van der Waals surface area contributed by atoms with E-state index in [4.69, 9.17) is 0 Å². The highest BCUT2D eigenvalue weighted by Gasteiger charge is 2.26. The summed E-state index contributed by atoms with van der Waals surface area (Å²) in [5, 5.41) is 10.2. The summed E-state index contributed by atoms with van der Waals surface area (Å²) in [4.78, 5) is 16.9. The van der Waals surface area contributed by atoms with E-state index >= 15 is 0 Å². The minimum Gasteiger partial charge on any atom is -0.337 e. The molecule has 2 amide bonds. The first-order chi connectivity index (χ1) is 13.7. The molecule has 2 saturated heterocycles. The average Bonchev–Trinajstić information content (AvgIpc) is 3.41. The number of carbonyl (C=O) groups is 1. The molecule has 1 aromatic carbocycles. The molecule has 0 aliphatic carbocycles. The van der Waals surface area contributed by atoms with Gasteiger partial charge >= 0.3 is 6.03 Å². The summed E-state index contributed by atoms with van der Waals surface area (Å²) in [5.41, 5.74) is 4.06. The molecular weight excluding hydrogens is 350 g/mol. The van der Waals surface area contributed by atoms with Gasteiger partial charge in [-0.15, -0.1) is 0 Å². The van der Waals surface area contributed by atoms with Gasteiger partial charge in [-0.2, -0.15) is 5.10 Å². The predicted octanol–water partition coefficient (Wildman–Crippen LogP) is 3.10. The van der Waals surface area contributed by atoms with E-state index in [0.29, 0.717) is 11.8 Å². The lowest BCUT2D eigenvalue weighted by atomic mass is 9.94. The van der Waals surface area contributed by atoms with Crippen LogP contribution in [0.3, 0.4) is 0 Å². The van der Waals surface area contributed by atoms with E-state index in [-0.39, 0.29) is 6.03 Å². The third-order valence-electron chi connectivity index (χ3n) is 6.35. The number of aromatic nitrogens is 2. The van der Waals surface area contributed by atoms with Crippen molar-refractivity contribution in [2.24, 2.45) is 0 Å². The third kappa shape index (κ3) is 4.38. The highest BCUT2D eigenvalue weighted by molar-refractivity contribution is 5.74. The summed E-state index contributed by atoms with van der Waals surface area (Å²) < 4.78 is 0. The number of likely N-dealkylation sites (tertiary alicyclic amines) is 2. The molecule has 1 aromatic heterocycles. The molecule has 6 nitrogen and oxygen atoms in total. The van der Waals surface area contributed by atoms with E-state index in [2.05, 4.69) is 51.6 Å². The van der Waals surface area contributed by atoms with Gasteiger partial charge in [0.05, 0.1) is 0 Å². The van der Waals surface area contributed by atoms with Gasteiger partial charge in [-0.05, 0) is 55.8 Å². The number of nitrogens with one attached hydrogen (secondary N) is 2. The molecule has 2 N–H and O–H groups in total. The van der Waals surface area contributed by atoms with Crippen LogP contribution in [0, 0.1) is 6.92 Å². The maximum atomic E-state index is 12.5. The second-order valence-electron chi connectivity index (χ2n) is 8.15. The van der Waals surface area contributed by atoms with Gasteiger partial charge in [0.1, 0.15) is 0 Å². The van der Waals surface area contributed by atoms with Gasteiger partial charge in [0, 0.05) is 50.5 Å². The minimum atomic E-state index is 0.0812. The van der Waals surface area contributed by atoms with Crippen LogP contribution in [-0.2, 0) is 0 Å². The molecule has 0 unspecified atom stereocenters. The Morgan fingerprint density at radius 2 is 1.93 bits per heavy atom. The Kier molecular flexibility index (Phi) is 5.95. The molecule has 150 valence electrons. The van der Waals surface area contributed by atoms with Gasteiger partial charge in [-0.3, -0.25) is 5.10 Å². The normalized spacial score (nSPS) is 21.2. The highest BCUT2D eigenvalue weighted by atomic mass is 16.2. The zero-order chi connectivity index (χ0) is 19.3. The van der Waals surface area contributed by atoms with Crippen molar-refractivity contribution < 1.29 is 4.79 Å². The number of nitrogens with zero attached hydrogens (tertiary/aromatic N) is 3. The van der Waals surface area contributed by atoms with Gasteiger partial charge < -0.3 is 15.1 Å². The standard InChI is InChI=1S/C22H31N5O/c1-17-4-2-3-5-20(17)19-7-12-26(16-19)15-11-23-22(28)27-13-8-18(9-14-27)21-6-10-24-25-21/h2-6,10,18-19H,7-9,11-16H2,1H3,(H,23,28)(H,24,25)/t19-/m1/s1. The van der Waals surface area contributed by atoms with Crippen LogP contribution in [0.25, 0.3) is 0 Å². The van der Waals surface area contributed by atoms with E-state index in [1.54, 1.807) is 6.20 Å². The second kappa shape index (κ2) is 8.78. The molecule has 0 radical (unpaired) electrons. The summed E-state index contributed by atoms with van der Waals surface area (Å²) in [7, 11) is 0. The fourth-order valence-corrected chi connectivity index (χ4v) is 4.65. The van der Waals surface area contributed by atoms with E-state index in [9.17, 15) is 4.79 Å². The Morgan fingerprint density at radius 1 is 1.14 bits per heavy atom. The third-order valence-corrected chi connectivity index (χ3v) is 6.35.